The smallest absolute Gasteiger partial charge is 0.309 e. The lowest BCUT2D eigenvalue weighted by molar-refractivity contribution is -0.156. The molecule has 0 saturated heterocycles. The highest BCUT2D eigenvalue weighted by Crippen LogP contribution is 2.48. The Hall–Kier alpha value is -0.530. The summed E-state index contributed by atoms with van der Waals surface area (Å²) in [6.07, 6.45) is 14.0. The molecule has 2 aliphatic carbocycles. The molecule has 0 heterocycles. The van der Waals surface area contributed by atoms with Crippen LogP contribution in [0.2, 0.25) is 0 Å². The minimum absolute atomic E-state index is 0.381. The van der Waals surface area contributed by atoms with Gasteiger partial charge < -0.3 is 5.11 Å². The summed E-state index contributed by atoms with van der Waals surface area (Å²) in [5.41, 5.74) is -0.381. The lowest BCUT2D eigenvalue weighted by Crippen LogP contribution is -2.41. The molecule has 0 aromatic heterocycles. The largest absolute Gasteiger partial charge is 0.481 e. The lowest BCUT2D eigenvalue weighted by Gasteiger charge is -2.42. The minimum atomic E-state index is -0.490. The average Bonchev–Trinajstić information content (AvgIpc) is 2.38. The summed E-state index contributed by atoms with van der Waals surface area (Å²) in [6.45, 7) is 2.26. The van der Waals surface area contributed by atoms with Crippen molar-refractivity contribution >= 4 is 5.97 Å². The van der Waals surface area contributed by atoms with E-state index in [-0.39, 0.29) is 5.41 Å². The lowest BCUT2D eigenvalue weighted by atomic mass is 9.61. The fraction of sp³-hybridized carbons (Fsp3) is 0.941. The summed E-state index contributed by atoms with van der Waals surface area (Å²) in [5.74, 6) is 0.735. The maximum absolute atomic E-state index is 12.0. The maximum atomic E-state index is 12.0. The first-order valence-corrected chi connectivity index (χ1v) is 8.42. The molecule has 2 aliphatic rings. The Morgan fingerprint density at radius 3 is 2.26 bits per heavy atom. The van der Waals surface area contributed by atoms with Gasteiger partial charge >= 0.3 is 5.97 Å². The highest BCUT2D eigenvalue weighted by molar-refractivity contribution is 5.75. The first-order valence-electron chi connectivity index (χ1n) is 8.42. The van der Waals surface area contributed by atoms with Gasteiger partial charge in [-0.1, -0.05) is 58.3 Å². The van der Waals surface area contributed by atoms with E-state index >= 15 is 0 Å². The van der Waals surface area contributed by atoms with E-state index in [0.717, 1.165) is 38.0 Å². The van der Waals surface area contributed by atoms with Gasteiger partial charge in [0.1, 0.15) is 0 Å². The fourth-order valence-corrected chi connectivity index (χ4v) is 4.50. The second kappa shape index (κ2) is 6.76. The fourth-order valence-electron chi connectivity index (χ4n) is 4.50. The van der Waals surface area contributed by atoms with Crippen molar-refractivity contribution in [3.8, 4) is 0 Å². The summed E-state index contributed by atoms with van der Waals surface area (Å²) >= 11 is 0. The number of carboxylic acid groups (broad SMARTS) is 1. The van der Waals surface area contributed by atoms with Crippen molar-refractivity contribution in [2.75, 3.05) is 0 Å². The van der Waals surface area contributed by atoms with Gasteiger partial charge in [0.05, 0.1) is 5.41 Å². The van der Waals surface area contributed by atoms with E-state index in [9.17, 15) is 9.90 Å². The maximum Gasteiger partial charge on any atom is 0.309 e. The number of hydrogen-bond donors (Lipinski definition) is 1. The third kappa shape index (κ3) is 3.32. The zero-order valence-electron chi connectivity index (χ0n) is 12.5. The van der Waals surface area contributed by atoms with Crippen LogP contribution < -0.4 is 0 Å². The summed E-state index contributed by atoms with van der Waals surface area (Å²) in [4.78, 5) is 12.0. The highest BCUT2D eigenvalue weighted by Gasteiger charge is 2.46. The Kier molecular flexibility index (Phi) is 5.29. The van der Waals surface area contributed by atoms with Crippen LogP contribution in [0.15, 0.2) is 0 Å². The molecule has 0 spiro atoms. The first kappa shape index (κ1) is 14.9. The highest BCUT2D eigenvalue weighted by atomic mass is 16.4. The molecule has 0 aromatic rings. The van der Waals surface area contributed by atoms with Gasteiger partial charge in [-0.2, -0.15) is 0 Å². The van der Waals surface area contributed by atoms with Crippen LogP contribution in [0.1, 0.15) is 84.0 Å². The van der Waals surface area contributed by atoms with Crippen molar-refractivity contribution in [3.63, 3.8) is 0 Å². The van der Waals surface area contributed by atoms with Crippen LogP contribution in [0.4, 0.5) is 0 Å². The van der Waals surface area contributed by atoms with E-state index in [4.69, 9.17) is 0 Å². The number of rotatable bonds is 3. The molecule has 2 fully saturated rings. The van der Waals surface area contributed by atoms with E-state index in [1.54, 1.807) is 0 Å². The van der Waals surface area contributed by atoms with Gasteiger partial charge in [-0.05, 0) is 37.5 Å². The van der Waals surface area contributed by atoms with Crippen LogP contribution in [-0.4, -0.2) is 11.1 Å². The number of aliphatic carboxylic acids is 1. The number of carboxylic acids is 1. The van der Waals surface area contributed by atoms with Crippen molar-refractivity contribution in [1.29, 1.82) is 0 Å². The van der Waals surface area contributed by atoms with Crippen LogP contribution in [0.25, 0.3) is 0 Å². The van der Waals surface area contributed by atoms with Crippen molar-refractivity contribution in [3.05, 3.63) is 0 Å². The van der Waals surface area contributed by atoms with Crippen molar-refractivity contribution in [2.24, 2.45) is 17.3 Å². The average molecular weight is 266 g/mol. The van der Waals surface area contributed by atoms with Crippen molar-refractivity contribution in [1.82, 2.24) is 0 Å². The molecule has 110 valence electrons. The molecule has 0 aromatic carbocycles. The molecule has 0 amide bonds. The quantitative estimate of drug-likeness (QED) is 0.779. The monoisotopic (exact) mass is 266 g/mol. The van der Waals surface area contributed by atoms with Gasteiger partial charge in [-0.3, -0.25) is 4.79 Å². The Balaban J connectivity index is 2.14. The van der Waals surface area contributed by atoms with E-state index in [0.29, 0.717) is 5.92 Å². The number of carbonyl (C=O) groups is 1. The topological polar surface area (TPSA) is 37.3 Å². The molecule has 0 bridgehead atoms. The van der Waals surface area contributed by atoms with E-state index in [1.807, 2.05) is 0 Å². The second-order valence-corrected chi connectivity index (χ2v) is 6.87. The normalized spacial score (nSPS) is 32.3. The third-order valence-corrected chi connectivity index (χ3v) is 5.81. The van der Waals surface area contributed by atoms with Crippen LogP contribution in [-0.2, 0) is 4.79 Å². The molecule has 19 heavy (non-hydrogen) atoms. The molecular weight excluding hydrogens is 236 g/mol. The van der Waals surface area contributed by atoms with Crippen LogP contribution in [0.5, 0.6) is 0 Å². The Morgan fingerprint density at radius 2 is 1.68 bits per heavy atom. The molecule has 2 atom stereocenters. The zero-order valence-corrected chi connectivity index (χ0v) is 12.5. The van der Waals surface area contributed by atoms with Gasteiger partial charge in [0.15, 0.2) is 0 Å². The standard InChI is InChI=1S/C17H30O2/c1-2-14-9-8-10-15(13-14)17(16(18)19)11-6-4-3-5-7-12-17/h14-15H,2-13H2,1H3,(H,18,19). The Bertz CT molecular complexity index is 290. The predicted octanol–water partition coefficient (Wildman–Crippen LogP) is 5.02. The van der Waals surface area contributed by atoms with Gasteiger partial charge in [-0.25, -0.2) is 0 Å². The molecule has 2 nitrogen and oxygen atoms in total. The molecule has 2 unspecified atom stereocenters. The van der Waals surface area contributed by atoms with Gasteiger partial charge in [0.25, 0.3) is 0 Å². The zero-order chi connectivity index (χ0) is 13.7. The molecule has 0 aliphatic heterocycles. The van der Waals surface area contributed by atoms with Crippen molar-refractivity contribution < 1.29 is 9.90 Å². The van der Waals surface area contributed by atoms with E-state index < -0.39 is 5.97 Å². The molecule has 2 rings (SSSR count). The summed E-state index contributed by atoms with van der Waals surface area (Å²) in [7, 11) is 0. The molecule has 2 heteroatoms. The summed E-state index contributed by atoms with van der Waals surface area (Å²) in [6, 6.07) is 0. The van der Waals surface area contributed by atoms with Gasteiger partial charge in [-0.15, -0.1) is 0 Å². The minimum Gasteiger partial charge on any atom is -0.481 e. The molecule has 1 N–H and O–H groups in total. The Morgan fingerprint density at radius 1 is 1.05 bits per heavy atom. The number of hydrogen-bond acceptors (Lipinski definition) is 1. The SMILES string of the molecule is CCC1CCCC(C2(C(=O)O)CCCCCCC2)C1. The Labute approximate surface area is 118 Å². The third-order valence-electron chi connectivity index (χ3n) is 5.81. The van der Waals surface area contributed by atoms with E-state index in [1.165, 1.54) is 44.9 Å². The summed E-state index contributed by atoms with van der Waals surface area (Å²) in [5, 5.41) is 9.92. The van der Waals surface area contributed by atoms with E-state index in [2.05, 4.69) is 6.92 Å². The van der Waals surface area contributed by atoms with Crippen LogP contribution >= 0.6 is 0 Å². The molecule has 2 saturated carbocycles. The summed E-state index contributed by atoms with van der Waals surface area (Å²) < 4.78 is 0. The van der Waals surface area contributed by atoms with Crippen LogP contribution in [0, 0.1) is 17.3 Å². The predicted molar refractivity (Wildman–Crippen MR) is 78.1 cm³/mol. The first-order chi connectivity index (χ1) is 9.19. The van der Waals surface area contributed by atoms with Crippen LogP contribution in [0.3, 0.4) is 0 Å². The van der Waals surface area contributed by atoms with Crippen molar-refractivity contribution in [2.45, 2.75) is 84.0 Å². The van der Waals surface area contributed by atoms with Gasteiger partial charge in [0.2, 0.25) is 0 Å². The second-order valence-electron chi connectivity index (χ2n) is 6.87. The molecule has 0 radical (unpaired) electrons. The van der Waals surface area contributed by atoms with Gasteiger partial charge in [0, 0.05) is 0 Å². The molecular formula is C17H30O2.